The Kier molecular flexibility index (Phi) is 7.76. The first kappa shape index (κ1) is 22.5. The van der Waals surface area contributed by atoms with Gasteiger partial charge in [0, 0.05) is 44.5 Å². The first-order valence-electron chi connectivity index (χ1n) is 10.7. The quantitative estimate of drug-likeness (QED) is 0.742. The number of carbonyl (C=O) groups excluding carboxylic acids is 3. The molecule has 0 spiro atoms. The van der Waals surface area contributed by atoms with Gasteiger partial charge in [-0.05, 0) is 23.6 Å². The lowest BCUT2D eigenvalue weighted by Gasteiger charge is -2.36. The van der Waals surface area contributed by atoms with Gasteiger partial charge in [-0.25, -0.2) is 0 Å². The first-order valence-corrected chi connectivity index (χ1v) is 10.7. The number of pyridine rings is 1. The second kappa shape index (κ2) is 10.7. The fraction of sp³-hybridized carbons (Fsp3) is 0.417. The molecule has 1 aromatic carbocycles. The smallest absolute Gasteiger partial charge is 0.249 e. The average Bonchev–Trinajstić information content (AvgIpc) is 2.78. The van der Waals surface area contributed by atoms with Crippen LogP contribution in [-0.4, -0.2) is 58.7 Å². The maximum absolute atomic E-state index is 13.3. The number of nitrogens with one attached hydrogen (secondary N) is 1. The van der Waals surface area contributed by atoms with Crippen molar-refractivity contribution in [3.05, 3.63) is 66.0 Å². The van der Waals surface area contributed by atoms with Gasteiger partial charge in [0.25, 0.3) is 0 Å². The molecule has 0 aliphatic carbocycles. The molecule has 7 heteroatoms. The molecule has 7 nitrogen and oxygen atoms in total. The molecule has 1 saturated heterocycles. The van der Waals surface area contributed by atoms with Crippen LogP contribution in [0.2, 0.25) is 0 Å². The van der Waals surface area contributed by atoms with Gasteiger partial charge in [-0.2, -0.15) is 0 Å². The van der Waals surface area contributed by atoms with Crippen molar-refractivity contribution >= 4 is 17.7 Å². The first-order chi connectivity index (χ1) is 14.9. The number of amides is 3. The largest absolute Gasteiger partial charge is 0.341 e. The summed E-state index contributed by atoms with van der Waals surface area (Å²) in [5.74, 6) is -0.0580. The van der Waals surface area contributed by atoms with Gasteiger partial charge in [0.15, 0.2) is 0 Å². The van der Waals surface area contributed by atoms with E-state index in [4.69, 9.17) is 0 Å². The molecule has 1 fully saturated rings. The van der Waals surface area contributed by atoms with E-state index in [1.807, 2.05) is 62.4 Å². The molecule has 0 bridgehead atoms. The minimum atomic E-state index is -0.719. The molecule has 31 heavy (non-hydrogen) atoms. The summed E-state index contributed by atoms with van der Waals surface area (Å²) in [5.41, 5.74) is 1.50. The Balaban J connectivity index is 1.62. The SMILES string of the molecule is CC(C)CC(=O)NC(C(=O)N1CCN(C(=O)Cc2ccccn2)CC1)c1ccccc1. The van der Waals surface area contributed by atoms with Crippen LogP contribution in [-0.2, 0) is 20.8 Å². The average molecular weight is 423 g/mol. The summed E-state index contributed by atoms with van der Waals surface area (Å²) in [4.78, 5) is 46.0. The number of benzene rings is 1. The van der Waals surface area contributed by atoms with Crippen LogP contribution in [0.5, 0.6) is 0 Å². The van der Waals surface area contributed by atoms with Crippen molar-refractivity contribution in [2.45, 2.75) is 32.7 Å². The van der Waals surface area contributed by atoms with E-state index in [9.17, 15) is 14.4 Å². The zero-order valence-electron chi connectivity index (χ0n) is 18.2. The van der Waals surface area contributed by atoms with Crippen molar-refractivity contribution in [3.8, 4) is 0 Å². The van der Waals surface area contributed by atoms with Gasteiger partial charge in [-0.15, -0.1) is 0 Å². The monoisotopic (exact) mass is 422 g/mol. The van der Waals surface area contributed by atoms with E-state index in [1.165, 1.54) is 0 Å². The highest BCUT2D eigenvalue weighted by Crippen LogP contribution is 2.18. The molecule has 1 aromatic heterocycles. The predicted molar refractivity (Wildman–Crippen MR) is 118 cm³/mol. The van der Waals surface area contributed by atoms with E-state index in [0.717, 1.165) is 11.3 Å². The Morgan fingerprint density at radius 2 is 1.58 bits per heavy atom. The maximum Gasteiger partial charge on any atom is 0.249 e. The topological polar surface area (TPSA) is 82.6 Å². The Bertz CT molecular complexity index is 878. The normalized spacial score (nSPS) is 14.9. The van der Waals surface area contributed by atoms with Crippen molar-refractivity contribution in [1.82, 2.24) is 20.1 Å². The van der Waals surface area contributed by atoms with E-state index in [2.05, 4.69) is 10.3 Å². The fourth-order valence-corrected chi connectivity index (χ4v) is 3.65. The van der Waals surface area contributed by atoms with E-state index < -0.39 is 6.04 Å². The van der Waals surface area contributed by atoms with Gasteiger partial charge in [0.2, 0.25) is 17.7 Å². The van der Waals surface area contributed by atoms with Crippen molar-refractivity contribution in [2.24, 2.45) is 5.92 Å². The minimum absolute atomic E-state index is 0.00986. The summed E-state index contributed by atoms with van der Waals surface area (Å²) >= 11 is 0. The van der Waals surface area contributed by atoms with Crippen molar-refractivity contribution in [3.63, 3.8) is 0 Å². The number of piperazine rings is 1. The van der Waals surface area contributed by atoms with E-state index in [-0.39, 0.29) is 30.1 Å². The lowest BCUT2D eigenvalue weighted by Crippen LogP contribution is -2.53. The molecule has 164 valence electrons. The molecular formula is C24H30N4O3. The van der Waals surface area contributed by atoms with Crippen LogP contribution in [0.1, 0.15) is 37.6 Å². The van der Waals surface area contributed by atoms with E-state index in [0.29, 0.717) is 32.6 Å². The van der Waals surface area contributed by atoms with Gasteiger partial charge >= 0.3 is 0 Å². The van der Waals surface area contributed by atoms with Crippen LogP contribution in [0.25, 0.3) is 0 Å². The highest BCUT2D eigenvalue weighted by molar-refractivity contribution is 5.89. The summed E-state index contributed by atoms with van der Waals surface area (Å²) in [5, 5.41) is 2.91. The number of rotatable bonds is 7. The van der Waals surface area contributed by atoms with E-state index >= 15 is 0 Å². The molecular weight excluding hydrogens is 392 g/mol. The van der Waals surface area contributed by atoms with Gasteiger partial charge in [0.1, 0.15) is 6.04 Å². The van der Waals surface area contributed by atoms with Gasteiger partial charge in [0.05, 0.1) is 6.42 Å². The summed E-state index contributed by atoms with van der Waals surface area (Å²) in [6.07, 6.45) is 2.30. The lowest BCUT2D eigenvalue weighted by atomic mass is 10.0. The van der Waals surface area contributed by atoms with Crippen molar-refractivity contribution < 1.29 is 14.4 Å². The Morgan fingerprint density at radius 1 is 0.935 bits per heavy atom. The summed E-state index contributed by atoms with van der Waals surface area (Å²) in [6, 6.07) is 14.1. The number of nitrogens with zero attached hydrogens (tertiary/aromatic N) is 3. The molecule has 0 radical (unpaired) electrons. The molecule has 0 saturated carbocycles. The van der Waals surface area contributed by atoms with Crippen LogP contribution in [0, 0.1) is 5.92 Å². The zero-order valence-corrected chi connectivity index (χ0v) is 18.2. The summed E-state index contributed by atoms with van der Waals surface area (Å²) in [7, 11) is 0. The third-order valence-corrected chi connectivity index (χ3v) is 5.28. The van der Waals surface area contributed by atoms with Crippen LogP contribution in [0.3, 0.4) is 0 Å². The van der Waals surface area contributed by atoms with Crippen LogP contribution in [0.4, 0.5) is 0 Å². The van der Waals surface area contributed by atoms with Gasteiger partial charge in [-0.3, -0.25) is 19.4 Å². The van der Waals surface area contributed by atoms with Gasteiger partial charge in [-0.1, -0.05) is 50.2 Å². The molecule has 2 aromatic rings. The van der Waals surface area contributed by atoms with Crippen LogP contribution < -0.4 is 5.32 Å². The molecule has 1 N–H and O–H groups in total. The third-order valence-electron chi connectivity index (χ3n) is 5.28. The number of hydrogen-bond donors (Lipinski definition) is 1. The molecule has 1 unspecified atom stereocenters. The summed E-state index contributed by atoms with van der Waals surface area (Å²) in [6.45, 7) is 5.77. The van der Waals surface area contributed by atoms with Crippen molar-refractivity contribution in [1.29, 1.82) is 0 Å². The standard InChI is InChI=1S/C24H30N4O3/c1-18(2)16-21(29)26-23(19-8-4-3-5-9-19)24(31)28-14-12-27(13-15-28)22(30)17-20-10-6-7-11-25-20/h3-11,18,23H,12-17H2,1-2H3,(H,26,29). The maximum atomic E-state index is 13.3. The van der Waals surface area contributed by atoms with Gasteiger partial charge < -0.3 is 15.1 Å². The Hall–Kier alpha value is -3.22. The number of carbonyl (C=O) groups is 3. The molecule has 3 rings (SSSR count). The zero-order chi connectivity index (χ0) is 22.2. The molecule has 2 heterocycles. The van der Waals surface area contributed by atoms with Crippen LogP contribution >= 0.6 is 0 Å². The molecule has 1 aliphatic rings. The van der Waals surface area contributed by atoms with E-state index in [1.54, 1.807) is 16.0 Å². The number of hydrogen-bond acceptors (Lipinski definition) is 4. The third kappa shape index (κ3) is 6.38. The predicted octanol–water partition coefficient (Wildman–Crippen LogP) is 2.20. The second-order valence-corrected chi connectivity index (χ2v) is 8.21. The highest BCUT2D eigenvalue weighted by Gasteiger charge is 2.31. The fourth-order valence-electron chi connectivity index (χ4n) is 3.65. The number of aromatic nitrogens is 1. The summed E-state index contributed by atoms with van der Waals surface area (Å²) < 4.78 is 0. The second-order valence-electron chi connectivity index (χ2n) is 8.21. The lowest BCUT2D eigenvalue weighted by molar-refractivity contribution is -0.141. The van der Waals surface area contributed by atoms with Crippen molar-refractivity contribution in [2.75, 3.05) is 26.2 Å². The Labute approximate surface area is 183 Å². The minimum Gasteiger partial charge on any atom is -0.341 e. The molecule has 1 aliphatic heterocycles. The van der Waals surface area contributed by atoms with Crippen LogP contribution in [0.15, 0.2) is 54.7 Å². The molecule has 1 atom stereocenters. The Morgan fingerprint density at radius 3 is 2.19 bits per heavy atom. The molecule has 3 amide bonds. The highest BCUT2D eigenvalue weighted by atomic mass is 16.2.